The largest absolute Gasteiger partial charge is 0.336 e. The van der Waals surface area contributed by atoms with E-state index < -0.39 is 0 Å². The van der Waals surface area contributed by atoms with Gasteiger partial charge in [-0.2, -0.15) is 5.26 Å². The topological polar surface area (TPSA) is 56.1 Å². The van der Waals surface area contributed by atoms with E-state index in [0.717, 1.165) is 25.9 Å². The van der Waals surface area contributed by atoms with Crippen molar-refractivity contribution in [2.75, 3.05) is 19.6 Å². The predicted molar refractivity (Wildman–Crippen MR) is 73.8 cm³/mol. The molecular formula is C15H19N3O. The molecule has 1 saturated heterocycles. The van der Waals surface area contributed by atoms with Gasteiger partial charge in [-0.05, 0) is 51.1 Å². The number of nitriles is 1. The smallest absolute Gasteiger partial charge is 0.254 e. The van der Waals surface area contributed by atoms with E-state index in [-0.39, 0.29) is 5.91 Å². The van der Waals surface area contributed by atoms with Crippen molar-refractivity contribution < 1.29 is 4.79 Å². The summed E-state index contributed by atoms with van der Waals surface area (Å²) in [6.07, 6.45) is 2.00. The van der Waals surface area contributed by atoms with Crippen LogP contribution in [0, 0.1) is 11.3 Å². The summed E-state index contributed by atoms with van der Waals surface area (Å²) in [4.78, 5) is 14.5. The maximum atomic E-state index is 12.5. The van der Waals surface area contributed by atoms with Crippen LogP contribution in [0.25, 0.3) is 0 Å². The third-order valence-corrected chi connectivity index (χ3v) is 3.59. The number of nitrogens with zero attached hydrogens (tertiary/aromatic N) is 2. The summed E-state index contributed by atoms with van der Waals surface area (Å²) in [6.45, 7) is 4.65. The molecule has 0 aliphatic carbocycles. The first-order valence-corrected chi connectivity index (χ1v) is 6.78. The molecule has 4 heteroatoms. The predicted octanol–water partition coefficient (Wildman–Crippen LogP) is 1.77. The second-order valence-electron chi connectivity index (χ2n) is 4.76. The van der Waals surface area contributed by atoms with Crippen LogP contribution >= 0.6 is 0 Å². The highest BCUT2D eigenvalue weighted by molar-refractivity contribution is 5.94. The van der Waals surface area contributed by atoms with Crippen molar-refractivity contribution in [3.8, 4) is 6.07 Å². The lowest BCUT2D eigenvalue weighted by Gasteiger charge is -2.34. The van der Waals surface area contributed by atoms with Crippen LogP contribution in [-0.2, 0) is 0 Å². The van der Waals surface area contributed by atoms with Crippen molar-refractivity contribution in [1.82, 2.24) is 10.2 Å². The Bertz CT molecular complexity index is 486. The molecule has 4 nitrogen and oxygen atoms in total. The van der Waals surface area contributed by atoms with E-state index >= 15 is 0 Å². The highest BCUT2D eigenvalue weighted by Crippen LogP contribution is 2.16. The molecule has 0 bridgehead atoms. The van der Waals surface area contributed by atoms with E-state index in [9.17, 15) is 4.79 Å². The Morgan fingerprint density at radius 1 is 1.47 bits per heavy atom. The minimum atomic E-state index is 0.0338. The van der Waals surface area contributed by atoms with Crippen molar-refractivity contribution in [2.24, 2.45) is 0 Å². The highest BCUT2D eigenvalue weighted by Gasteiger charge is 2.24. The molecule has 1 amide bonds. The number of nitrogens with one attached hydrogen (secondary N) is 1. The Labute approximate surface area is 114 Å². The first kappa shape index (κ1) is 13.6. The minimum Gasteiger partial charge on any atom is -0.336 e. The van der Waals surface area contributed by atoms with Crippen molar-refractivity contribution in [1.29, 1.82) is 5.26 Å². The molecule has 0 spiro atoms. The first-order valence-electron chi connectivity index (χ1n) is 6.78. The fraction of sp³-hybridized carbons (Fsp3) is 0.467. The zero-order chi connectivity index (χ0) is 13.7. The van der Waals surface area contributed by atoms with Gasteiger partial charge in [0.15, 0.2) is 0 Å². The number of carbonyl (C=O) groups is 1. The third kappa shape index (κ3) is 3.12. The maximum Gasteiger partial charge on any atom is 0.254 e. The highest BCUT2D eigenvalue weighted by atomic mass is 16.2. The van der Waals surface area contributed by atoms with Crippen LogP contribution in [0.4, 0.5) is 0 Å². The van der Waals surface area contributed by atoms with Gasteiger partial charge in [-0.15, -0.1) is 0 Å². The number of piperidine rings is 1. The van der Waals surface area contributed by atoms with Crippen LogP contribution in [0.15, 0.2) is 24.3 Å². The van der Waals surface area contributed by atoms with Crippen molar-refractivity contribution in [3.63, 3.8) is 0 Å². The average molecular weight is 257 g/mol. The Hall–Kier alpha value is -1.86. The van der Waals surface area contributed by atoms with E-state index in [2.05, 4.69) is 11.4 Å². The van der Waals surface area contributed by atoms with Crippen LogP contribution < -0.4 is 5.32 Å². The second kappa shape index (κ2) is 6.35. The SMILES string of the molecule is CCN(C(=O)c1cccc(C#N)c1)C1CCNCC1. The van der Waals surface area contributed by atoms with E-state index in [1.807, 2.05) is 11.8 Å². The molecule has 1 fully saturated rings. The van der Waals surface area contributed by atoms with E-state index in [0.29, 0.717) is 23.7 Å². The Kier molecular flexibility index (Phi) is 4.53. The molecule has 1 aliphatic rings. The van der Waals surface area contributed by atoms with Gasteiger partial charge >= 0.3 is 0 Å². The third-order valence-electron chi connectivity index (χ3n) is 3.59. The minimum absolute atomic E-state index is 0.0338. The number of hydrogen-bond donors (Lipinski definition) is 1. The molecule has 0 atom stereocenters. The van der Waals surface area contributed by atoms with E-state index in [1.54, 1.807) is 24.3 Å². The molecule has 0 unspecified atom stereocenters. The summed E-state index contributed by atoms with van der Waals surface area (Å²) in [6, 6.07) is 9.33. The Morgan fingerprint density at radius 2 is 2.21 bits per heavy atom. The van der Waals surface area contributed by atoms with Gasteiger partial charge in [-0.1, -0.05) is 6.07 Å². The summed E-state index contributed by atoms with van der Waals surface area (Å²) < 4.78 is 0. The standard InChI is InChI=1S/C15H19N3O/c1-2-18(14-6-8-17-9-7-14)15(19)13-5-3-4-12(10-13)11-16/h3-5,10,14,17H,2,6-9H2,1H3. The summed E-state index contributed by atoms with van der Waals surface area (Å²) in [5, 5.41) is 12.2. The van der Waals surface area contributed by atoms with Crippen molar-refractivity contribution in [2.45, 2.75) is 25.8 Å². The zero-order valence-corrected chi connectivity index (χ0v) is 11.2. The fourth-order valence-corrected chi connectivity index (χ4v) is 2.57. The summed E-state index contributed by atoms with van der Waals surface area (Å²) in [7, 11) is 0. The quantitative estimate of drug-likeness (QED) is 0.898. The maximum absolute atomic E-state index is 12.5. The van der Waals surface area contributed by atoms with Crippen molar-refractivity contribution in [3.05, 3.63) is 35.4 Å². The van der Waals surface area contributed by atoms with Gasteiger partial charge in [-0.25, -0.2) is 0 Å². The molecule has 0 radical (unpaired) electrons. The lowest BCUT2D eigenvalue weighted by atomic mass is 10.0. The van der Waals surface area contributed by atoms with Gasteiger partial charge in [0.25, 0.3) is 5.91 Å². The summed E-state index contributed by atoms with van der Waals surface area (Å²) in [5.74, 6) is 0.0338. The molecule has 1 aromatic rings. The van der Waals surface area contributed by atoms with Gasteiger partial charge in [-0.3, -0.25) is 4.79 Å². The molecule has 1 heterocycles. The van der Waals surface area contributed by atoms with Gasteiger partial charge in [0.2, 0.25) is 0 Å². The monoisotopic (exact) mass is 257 g/mol. The molecule has 1 aromatic carbocycles. The molecule has 19 heavy (non-hydrogen) atoms. The van der Waals surface area contributed by atoms with Gasteiger partial charge in [0.1, 0.15) is 0 Å². The first-order chi connectivity index (χ1) is 9.26. The number of benzene rings is 1. The Morgan fingerprint density at radius 3 is 2.84 bits per heavy atom. The number of carbonyl (C=O) groups excluding carboxylic acids is 1. The number of rotatable bonds is 3. The average Bonchev–Trinajstić information content (AvgIpc) is 2.49. The van der Waals surface area contributed by atoms with Crippen molar-refractivity contribution >= 4 is 5.91 Å². The second-order valence-corrected chi connectivity index (χ2v) is 4.76. The molecule has 1 N–H and O–H groups in total. The van der Waals surface area contributed by atoms with Gasteiger partial charge in [0, 0.05) is 18.2 Å². The lowest BCUT2D eigenvalue weighted by Crippen LogP contribution is -2.46. The number of hydrogen-bond acceptors (Lipinski definition) is 3. The molecule has 0 saturated carbocycles. The van der Waals surface area contributed by atoms with Crippen LogP contribution in [-0.4, -0.2) is 36.5 Å². The van der Waals surface area contributed by atoms with Crippen LogP contribution in [0.5, 0.6) is 0 Å². The normalized spacial score (nSPS) is 15.8. The van der Waals surface area contributed by atoms with E-state index in [4.69, 9.17) is 5.26 Å². The van der Waals surface area contributed by atoms with E-state index in [1.165, 1.54) is 0 Å². The van der Waals surface area contributed by atoms with Crippen LogP contribution in [0.3, 0.4) is 0 Å². The molecule has 100 valence electrons. The summed E-state index contributed by atoms with van der Waals surface area (Å²) >= 11 is 0. The Balaban J connectivity index is 2.17. The lowest BCUT2D eigenvalue weighted by molar-refractivity contribution is 0.0656. The van der Waals surface area contributed by atoms with Gasteiger partial charge < -0.3 is 10.2 Å². The molecular weight excluding hydrogens is 238 g/mol. The molecule has 1 aliphatic heterocycles. The van der Waals surface area contributed by atoms with Crippen LogP contribution in [0.2, 0.25) is 0 Å². The van der Waals surface area contributed by atoms with Crippen LogP contribution in [0.1, 0.15) is 35.7 Å². The zero-order valence-electron chi connectivity index (χ0n) is 11.2. The molecule has 0 aromatic heterocycles. The number of amides is 1. The van der Waals surface area contributed by atoms with Gasteiger partial charge in [0.05, 0.1) is 11.6 Å². The fourth-order valence-electron chi connectivity index (χ4n) is 2.57. The molecule has 2 rings (SSSR count). The summed E-state index contributed by atoms with van der Waals surface area (Å²) in [5.41, 5.74) is 1.15.